The summed E-state index contributed by atoms with van der Waals surface area (Å²) >= 11 is 1.56. The largest absolute Gasteiger partial charge is 0.461 e. The van der Waals surface area contributed by atoms with Gasteiger partial charge in [0.15, 0.2) is 11.5 Å². The average molecular weight is 354 g/mol. The van der Waals surface area contributed by atoms with E-state index in [9.17, 15) is 9.90 Å². The number of nitrogens with one attached hydrogen (secondary N) is 1. The smallest absolute Gasteiger partial charge is 0.273 e. The van der Waals surface area contributed by atoms with Gasteiger partial charge in [-0.1, -0.05) is 23.4 Å². The van der Waals surface area contributed by atoms with E-state index < -0.39 is 12.0 Å². The third kappa shape index (κ3) is 3.07. The van der Waals surface area contributed by atoms with Crippen LogP contribution in [-0.2, 0) is 0 Å². The summed E-state index contributed by atoms with van der Waals surface area (Å²) in [4.78, 5) is 12.2. The average Bonchev–Trinajstić information content (AvgIpc) is 3.38. The van der Waals surface area contributed by atoms with Gasteiger partial charge in [-0.25, -0.2) is 0 Å². The third-order valence-corrected chi connectivity index (χ3v) is 4.81. The van der Waals surface area contributed by atoms with E-state index in [-0.39, 0.29) is 12.2 Å². The number of aromatic nitrogens is 1. The molecule has 4 aromatic rings. The van der Waals surface area contributed by atoms with Crippen molar-refractivity contribution in [2.24, 2.45) is 0 Å². The van der Waals surface area contributed by atoms with Crippen LogP contribution in [0.4, 0.5) is 0 Å². The number of nitrogens with zero attached hydrogens (tertiary/aromatic N) is 1. The van der Waals surface area contributed by atoms with E-state index >= 15 is 0 Å². The molecule has 0 aliphatic carbocycles. The SMILES string of the molecule is O=C(NC[C@H](O)c1csc2ccccc12)c1cc(-c2ccco2)on1. The molecule has 6 nitrogen and oxygen atoms in total. The van der Waals surface area contributed by atoms with E-state index in [0.717, 1.165) is 15.6 Å². The van der Waals surface area contributed by atoms with Gasteiger partial charge in [0, 0.05) is 22.9 Å². The fraction of sp³-hybridized carbons (Fsp3) is 0.111. The van der Waals surface area contributed by atoms with E-state index in [1.54, 1.807) is 23.5 Å². The Morgan fingerprint density at radius 1 is 1.24 bits per heavy atom. The van der Waals surface area contributed by atoms with Gasteiger partial charge in [0.2, 0.25) is 5.76 Å². The summed E-state index contributed by atoms with van der Waals surface area (Å²) in [6.07, 6.45) is 0.718. The third-order valence-electron chi connectivity index (χ3n) is 3.83. The predicted octanol–water partition coefficient (Wildman–Crippen LogP) is 3.61. The molecule has 4 rings (SSSR count). The molecule has 7 heteroatoms. The summed E-state index contributed by atoms with van der Waals surface area (Å²) in [7, 11) is 0. The van der Waals surface area contributed by atoms with Crippen LogP contribution in [0.5, 0.6) is 0 Å². The van der Waals surface area contributed by atoms with Crippen molar-refractivity contribution in [1.82, 2.24) is 10.5 Å². The lowest BCUT2D eigenvalue weighted by Gasteiger charge is -2.10. The van der Waals surface area contributed by atoms with Gasteiger partial charge in [0.25, 0.3) is 5.91 Å². The minimum absolute atomic E-state index is 0.0858. The number of thiophene rings is 1. The summed E-state index contributed by atoms with van der Waals surface area (Å²) < 4.78 is 11.4. The molecule has 1 aromatic carbocycles. The first-order valence-electron chi connectivity index (χ1n) is 7.65. The second-order valence-corrected chi connectivity index (χ2v) is 6.38. The zero-order valence-corrected chi connectivity index (χ0v) is 13.8. The van der Waals surface area contributed by atoms with Crippen LogP contribution < -0.4 is 5.32 Å². The van der Waals surface area contributed by atoms with Crippen molar-refractivity contribution in [3.8, 4) is 11.5 Å². The minimum Gasteiger partial charge on any atom is -0.461 e. The van der Waals surface area contributed by atoms with E-state index in [0.29, 0.717) is 11.5 Å². The second-order valence-electron chi connectivity index (χ2n) is 5.47. The number of furan rings is 1. The molecule has 0 spiro atoms. The van der Waals surface area contributed by atoms with E-state index in [1.807, 2.05) is 29.6 Å². The van der Waals surface area contributed by atoms with Gasteiger partial charge in [-0.2, -0.15) is 0 Å². The van der Waals surface area contributed by atoms with Gasteiger partial charge in [-0.15, -0.1) is 11.3 Å². The molecule has 0 aliphatic heterocycles. The quantitative estimate of drug-likeness (QED) is 0.571. The molecule has 0 saturated carbocycles. The Hall–Kier alpha value is -2.90. The molecule has 3 aromatic heterocycles. The minimum atomic E-state index is -0.795. The van der Waals surface area contributed by atoms with Crippen molar-refractivity contribution in [3.63, 3.8) is 0 Å². The van der Waals surface area contributed by atoms with Crippen molar-refractivity contribution in [1.29, 1.82) is 0 Å². The molecule has 25 heavy (non-hydrogen) atoms. The molecule has 0 saturated heterocycles. The highest BCUT2D eigenvalue weighted by molar-refractivity contribution is 7.17. The van der Waals surface area contributed by atoms with Crippen LogP contribution >= 0.6 is 11.3 Å². The lowest BCUT2D eigenvalue weighted by molar-refractivity contribution is 0.0908. The van der Waals surface area contributed by atoms with Crippen molar-refractivity contribution < 1.29 is 18.8 Å². The van der Waals surface area contributed by atoms with Crippen molar-refractivity contribution >= 4 is 27.3 Å². The zero-order chi connectivity index (χ0) is 17.2. The summed E-state index contributed by atoms with van der Waals surface area (Å²) in [5.74, 6) is 0.455. The molecular weight excluding hydrogens is 340 g/mol. The van der Waals surface area contributed by atoms with Gasteiger partial charge in [-0.05, 0) is 29.0 Å². The van der Waals surface area contributed by atoms with Gasteiger partial charge in [0.1, 0.15) is 0 Å². The van der Waals surface area contributed by atoms with E-state index in [2.05, 4.69) is 10.5 Å². The Morgan fingerprint density at radius 3 is 2.96 bits per heavy atom. The Kier molecular flexibility index (Phi) is 4.09. The molecule has 0 unspecified atom stereocenters. The number of fused-ring (bicyclic) bond motifs is 1. The number of amides is 1. The molecule has 0 aliphatic rings. The molecule has 0 fully saturated rings. The van der Waals surface area contributed by atoms with Crippen LogP contribution in [0.15, 0.2) is 63.0 Å². The molecule has 0 bridgehead atoms. The second kappa shape index (κ2) is 6.54. The van der Waals surface area contributed by atoms with Crippen molar-refractivity contribution in [3.05, 3.63) is 65.4 Å². The number of hydrogen-bond acceptors (Lipinski definition) is 6. The number of benzene rings is 1. The molecule has 3 heterocycles. The highest BCUT2D eigenvalue weighted by Gasteiger charge is 2.18. The van der Waals surface area contributed by atoms with Crippen LogP contribution in [0, 0.1) is 0 Å². The van der Waals surface area contributed by atoms with Crippen molar-refractivity contribution in [2.45, 2.75) is 6.10 Å². The zero-order valence-electron chi connectivity index (χ0n) is 13.0. The maximum Gasteiger partial charge on any atom is 0.273 e. The van der Waals surface area contributed by atoms with Gasteiger partial charge >= 0.3 is 0 Å². The maximum atomic E-state index is 12.2. The molecule has 1 amide bonds. The summed E-state index contributed by atoms with van der Waals surface area (Å²) in [5, 5.41) is 19.7. The Balaban J connectivity index is 1.43. The van der Waals surface area contributed by atoms with Crippen LogP contribution in [0.2, 0.25) is 0 Å². The Labute approximate surface area is 146 Å². The number of carbonyl (C=O) groups excluding carboxylic acids is 1. The lowest BCUT2D eigenvalue weighted by Crippen LogP contribution is -2.28. The number of hydrogen-bond donors (Lipinski definition) is 2. The normalized spacial score (nSPS) is 12.4. The van der Waals surface area contributed by atoms with Crippen molar-refractivity contribution in [2.75, 3.05) is 6.54 Å². The first kappa shape index (κ1) is 15.6. The maximum absolute atomic E-state index is 12.2. The Morgan fingerprint density at radius 2 is 2.12 bits per heavy atom. The summed E-state index contributed by atoms with van der Waals surface area (Å²) in [6.45, 7) is 0.0858. The fourth-order valence-corrected chi connectivity index (χ4v) is 3.57. The highest BCUT2D eigenvalue weighted by Crippen LogP contribution is 2.30. The van der Waals surface area contributed by atoms with E-state index in [1.165, 1.54) is 12.3 Å². The van der Waals surface area contributed by atoms with Crippen LogP contribution in [0.25, 0.3) is 21.6 Å². The summed E-state index contributed by atoms with van der Waals surface area (Å²) in [6, 6.07) is 12.8. The number of aliphatic hydroxyl groups is 1. The molecule has 126 valence electrons. The van der Waals surface area contributed by atoms with Gasteiger partial charge < -0.3 is 19.4 Å². The monoisotopic (exact) mass is 354 g/mol. The number of rotatable bonds is 5. The molecule has 2 N–H and O–H groups in total. The van der Waals surface area contributed by atoms with Crippen LogP contribution in [0.3, 0.4) is 0 Å². The Bertz CT molecular complexity index is 1000. The number of aliphatic hydroxyl groups excluding tert-OH is 1. The van der Waals surface area contributed by atoms with E-state index in [4.69, 9.17) is 8.94 Å². The molecular formula is C18H14N2O4S. The topological polar surface area (TPSA) is 88.5 Å². The highest BCUT2D eigenvalue weighted by atomic mass is 32.1. The van der Waals surface area contributed by atoms with Gasteiger partial charge in [0.05, 0.1) is 12.4 Å². The first-order chi connectivity index (χ1) is 12.2. The van der Waals surface area contributed by atoms with Crippen LogP contribution in [-0.4, -0.2) is 22.7 Å². The number of carbonyl (C=O) groups is 1. The van der Waals surface area contributed by atoms with Gasteiger partial charge in [-0.3, -0.25) is 4.79 Å². The van der Waals surface area contributed by atoms with Crippen LogP contribution in [0.1, 0.15) is 22.2 Å². The summed E-state index contributed by atoms with van der Waals surface area (Å²) in [5.41, 5.74) is 0.936. The lowest BCUT2D eigenvalue weighted by atomic mass is 10.1. The first-order valence-corrected chi connectivity index (χ1v) is 8.53. The molecule has 0 radical (unpaired) electrons. The standard InChI is InChI=1S/C18H14N2O4S/c21-14(12-10-25-17-6-2-1-4-11(12)17)9-19-18(22)13-8-16(24-20-13)15-5-3-7-23-15/h1-8,10,14,21H,9H2,(H,19,22)/t14-/m0/s1. The fourth-order valence-electron chi connectivity index (χ4n) is 2.56. The predicted molar refractivity (Wildman–Crippen MR) is 93.3 cm³/mol. The molecule has 1 atom stereocenters.